The van der Waals surface area contributed by atoms with Crippen LogP contribution in [-0.4, -0.2) is 70.9 Å². The standard InChI is InChI=1S/C29H28N4O9/c1-33(2)17-11-16(31-28(41)32-27(40)12-6-4-3-5-7-12)22(35)20-15(17)9-13-8-14-10-18(34)21(26(30)39)25(38)29(14,42)24(37)19(13)23(20)36/h3-7,11,13-14,19,21,35,42H,8-10H2,1-2H3,(H2,30,39)(H2,31,32,40,41)/t13-,14+,19?,21?,29+/m1/s1. The van der Waals surface area contributed by atoms with Gasteiger partial charge in [0.1, 0.15) is 5.75 Å². The average molecular weight is 577 g/mol. The number of imide groups is 1. The molecule has 0 aliphatic heterocycles. The molecule has 0 saturated heterocycles. The van der Waals surface area contributed by atoms with Gasteiger partial charge in [0.2, 0.25) is 5.91 Å². The van der Waals surface area contributed by atoms with Crippen LogP contribution < -0.4 is 21.3 Å². The van der Waals surface area contributed by atoms with Crippen molar-refractivity contribution < 1.29 is 43.8 Å². The number of aliphatic hydroxyl groups is 1. The fourth-order valence-electron chi connectivity index (χ4n) is 6.43. The molecule has 0 spiro atoms. The first-order valence-corrected chi connectivity index (χ1v) is 13.2. The van der Waals surface area contributed by atoms with E-state index in [0.717, 1.165) is 0 Å². The lowest BCUT2D eigenvalue weighted by Crippen LogP contribution is -2.68. The Morgan fingerprint density at radius 1 is 1.02 bits per heavy atom. The van der Waals surface area contributed by atoms with Gasteiger partial charge in [-0.05, 0) is 42.5 Å². The zero-order valence-corrected chi connectivity index (χ0v) is 22.7. The third-order valence-electron chi connectivity index (χ3n) is 8.37. The largest absolute Gasteiger partial charge is 0.505 e. The molecule has 42 heavy (non-hydrogen) atoms. The Kier molecular flexibility index (Phi) is 6.93. The van der Waals surface area contributed by atoms with Crippen molar-refractivity contribution in [2.75, 3.05) is 24.3 Å². The molecular formula is C29H28N4O9. The molecule has 218 valence electrons. The maximum atomic E-state index is 13.9. The predicted molar refractivity (Wildman–Crippen MR) is 146 cm³/mol. The van der Waals surface area contributed by atoms with E-state index in [0.29, 0.717) is 11.3 Å². The summed E-state index contributed by atoms with van der Waals surface area (Å²) in [6.45, 7) is 0. The van der Waals surface area contributed by atoms with Crippen LogP contribution in [0.1, 0.15) is 39.1 Å². The number of rotatable bonds is 4. The molecule has 6 N–H and O–H groups in total. The summed E-state index contributed by atoms with van der Waals surface area (Å²) < 4.78 is 0. The van der Waals surface area contributed by atoms with E-state index in [4.69, 9.17) is 5.73 Å². The van der Waals surface area contributed by atoms with Crippen LogP contribution >= 0.6 is 0 Å². The predicted octanol–water partition coefficient (Wildman–Crippen LogP) is 0.355. The van der Waals surface area contributed by atoms with Crippen LogP contribution in [-0.2, 0) is 25.6 Å². The van der Waals surface area contributed by atoms with Crippen LogP contribution in [0.25, 0.3) is 0 Å². The number of amides is 4. The van der Waals surface area contributed by atoms with Crippen LogP contribution in [0.15, 0.2) is 36.4 Å². The smallest absolute Gasteiger partial charge is 0.326 e. The molecular weight excluding hydrogens is 548 g/mol. The Morgan fingerprint density at radius 2 is 1.69 bits per heavy atom. The lowest BCUT2D eigenvalue weighted by atomic mass is 9.53. The van der Waals surface area contributed by atoms with Crippen molar-refractivity contribution in [2.24, 2.45) is 29.4 Å². The number of hydrogen-bond acceptors (Lipinski definition) is 10. The molecule has 0 heterocycles. The Labute approximate surface area is 239 Å². The number of Topliss-reactive ketones (excluding diaryl/α,β-unsaturated/α-hetero) is 4. The Bertz CT molecular complexity index is 1590. The molecule has 0 bridgehead atoms. The van der Waals surface area contributed by atoms with Crippen molar-refractivity contribution in [3.8, 4) is 5.75 Å². The summed E-state index contributed by atoms with van der Waals surface area (Å²) in [6.07, 6.45) is -0.401. The van der Waals surface area contributed by atoms with Crippen LogP contribution in [0.5, 0.6) is 5.75 Å². The molecule has 13 nitrogen and oxygen atoms in total. The number of carbonyl (C=O) groups is 7. The summed E-state index contributed by atoms with van der Waals surface area (Å²) in [5.41, 5.74) is 2.94. The quantitative estimate of drug-likeness (QED) is 0.249. The minimum Gasteiger partial charge on any atom is -0.505 e. The number of anilines is 2. The number of urea groups is 1. The maximum absolute atomic E-state index is 13.9. The fraction of sp³-hybridized carbons (Fsp3) is 0.345. The second-order valence-electron chi connectivity index (χ2n) is 11.1. The molecule has 2 aromatic rings. The van der Waals surface area contributed by atoms with Crippen molar-refractivity contribution in [1.29, 1.82) is 0 Å². The third-order valence-corrected chi connectivity index (χ3v) is 8.37. The first-order valence-electron chi connectivity index (χ1n) is 13.2. The van der Waals surface area contributed by atoms with Gasteiger partial charge < -0.3 is 26.2 Å². The van der Waals surface area contributed by atoms with Gasteiger partial charge in [-0.2, -0.15) is 0 Å². The lowest BCUT2D eigenvalue weighted by Gasteiger charge is -2.48. The number of nitrogens with two attached hydrogens (primary N) is 1. The van der Waals surface area contributed by atoms with E-state index < -0.39 is 82.4 Å². The lowest BCUT2D eigenvalue weighted by molar-refractivity contribution is -0.175. The number of nitrogens with zero attached hydrogens (tertiary/aromatic N) is 1. The molecule has 2 unspecified atom stereocenters. The van der Waals surface area contributed by atoms with Crippen molar-refractivity contribution in [3.05, 3.63) is 53.1 Å². The van der Waals surface area contributed by atoms with Gasteiger partial charge in [0, 0.05) is 37.7 Å². The molecule has 2 saturated carbocycles. The van der Waals surface area contributed by atoms with E-state index in [-0.39, 0.29) is 29.7 Å². The van der Waals surface area contributed by atoms with Crippen LogP contribution in [0.3, 0.4) is 0 Å². The number of aromatic hydroxyl groups is 1. The zero-order valence-electron chi connectivity index (χ0n) is 22.7. The highest BCUT2D eigenvalue weighted by atomic mass is 16.3. The second kappa shape index (κ2) is 10.2. The number of phenols is 1. The van der Waals surface area contributed by atoms with E-state index >= 15 is 0 Å². The summed E-state index contributed by atoms with van der Waals surface area (Å²) in [5, 5.41) is 27.0. The van der Waals surface area contributed by atoms with Gasteiger partial charge in [-0.1, -0.05) is 18.2 Å². The van der Waals surface area contributed by atoms with Gasteiger partial charge in [0.05, 0.1) is 17.2 Å². The first-order chi connectivity index (χ1) is 19.8. The average Bonchev–Trinajstić information content (AvgIpc) is 2.92. The topological polar surface area (TPSA) is 213 Å². The number of ketones is 4. The Morgan fingerprint density at radius 3 is 2.31 bits per heavy atom. The van der Waals surface area contributed by atoms with E-state index in [1.165, 1.54) is 18.2 Å². The highest BCUT2D eigenvalue weighted by Crippen LogP contribution is 2.52. The number of phenolic OH excluding ortho intramolecular Hbond substituents is 1. The monoisotopic (exact) mass is 576 g/mol. The van der Waals surface area contributed by atoms with E-state index in [1.807, 2.05) is 0 Å². The van der Waals surface area contributed by atoms with Gasteiger partial charge >= 0.3 is 6.03 Å². The fourth-order valence-corrected chi connectivity index (χ4v) is 6.43. The summed E-state index contributed by atoms with van der Waals surface area (Å²) in [5.74, 6) is -12.2. The number of hydrogen-bond donors (Lipinski definition) is 5. The number of primary amides is 1. The molecule has 5 rings (SSSR count). The molecule has 2 aromatic carbocycles. The van der Waals surface area contributed by atoms with Gasteiger partial charge in [0.25, 0.3) is 5.91 Å². The molecule has 5 atom stereocenters. The molecule has 0 radical (unpaired) electrons. The summed E-state index contributed by atoms with van der Waals surface area (Å²) >= 11 is 0. The van der Waals surface area contributed by atoms with E-state index in [2.05, 4.69) is 10.6 Å². The number of nitrogens with one attached hydrogen (secondary N) is 2. The number of benzene rings is 2. The van der Waals surface area contributed by atoms with Crippen molar-refractivity contribution >= 4 is 52.4 Å². The molecule has 3 aliphatic rings. The highest BCUT2D eigenvalue weighted by Gasteiger charge is 2.66. The Hall–Kier alpha value is -4.91. The normalized spacial score (nSPS) is 26.5. The van der Waals surface area contributed by atoms with Gasteiger partial charge in [-0.25, -0.2) is 4.79 Å². The molecule has 0 aromatic heterocycles. The minimum absolute atomic E-state index is 0.0430. The first kappa shape index (κ1) is 28.6. The van der Waals surface area contributed by atoms with Crippen LogP contribution in [0.4, 0.5) is 16.2 Å². The third kappa shape index (κ3) is 4.33. The number of carbonyl (C=O) groups excluding carboxylic acids is 7. The summed E-state index contributed by atoms with van der Waals surface area (Å²) in [7, 11) is 3.33. The molecule has 3 aliphatic carbocycles. The minimum atomic E-state index is -2.77. The molecule has 2 fully saturated rings. The Balaban J connectivity index is 1.51. The number of fused-ring (bicyclic) bond motifs is 3. The summed E-state index contributed by atoms with van der Waals surface area (Å²) in [6, 6.07) is 8.34. The van der Waals surface area contributed by atoms with Crippen molar-refractivity contribution in [2.45, 2.75) is 24.9 Å². The summed E-state index contributed by atoms with van der Waals surface area (Å²) in [4.78, 5) is 91.8. The second-order valence-corrected chi connectivity index (χ2v) is 11.1. The SMILES string of the molecule is CN(C)c1cc(NC(=O)NC(=O)c2ccccc2)c(O)c2c1C[C@H]1C[C@H]3CC(=O)C(C(N)=O)C(=O)[C@@]3(O)C(=O)C1C2=O. The van der Waals surface area contributed by atoms with Gasteiger partial charge in [-0.3, -0.25) is 34.1 Å². The molecule has 4 amide bonds. The highest BCUT2D eigenvalue weighted by molar-refractivity contribution is 6.31. The van der Waals surface area contributed by atoms with Crippen molar-refractivity contribution in [3.63, 3.8) is 0 Å². The van der Waals surface area contributed by atoms with Gasteiger partial charge in [-0.15, -0.1) is 0 Å². The molecule has 13 heteroatoms. The van der Waals surface area contributed by atoms with Gasteiger partial charge in [0.15, 0.2) is 34.7 Å². The van der Waals surface area contributed by atoms with Crippen LogP contribution in [0.2, 0.25) is 0 Å². The maximum Gasteiger partial charge on any atom is 0.326 e. The van der Waals surface area contributed by atoms with E-state index in [9.17, 15) is 43.8 Å². The van der Waals surface area contributed by atoms with Crippen LogP contribution in [0, 0.1) is 23.7 Å². The van der Waals surface area contributed by atoms with Crippen molar-refractivity contribution in [1.82, 2.24) is 5.32 Å². The zero-order chi connectivity index (χ0) is 30.7. The van der Waals surface area contributed by atoms with E-state index in [1.54, 1.807) is 37.2 Å².